The van der Waals surface area contributed by atoms with E-state index in [1.165, 1.54) is 23.9 Å². The number of aromatic nitrogens is 3. The Kier molecular flexibility index (Phi) is 6.66. The molecule has 2 aromatic carbocycles. The Morgan fingerprint density at radius 1 is 1.10 bits per heavy atom. The van der Waals surface area contributed by atoms with Crippen LogP contribution in [0.3, 0.4) is 0 Å². The number of nitrogens with one attached hydrogen (secondary N) is 1. The van der Waals surface area contributed by atoms with Crippen LogP contribution in [-0.2, 0) is 24.4 Å². The maximum absolute atomic E-state index is 12.6. The highest BCUT2D eigenvalue weighted by Crippen LogP contribution is 2.30. The Morgan fingerprint density at radius 3 is 2.37 bits per heavy atom. The first kappa shape index (κ1) is 21.7. The van der Waals surface area contributed by atoms with Gasteiger partial charge in [0, 0.05) is 19.2 Å². The largest absolute Gasteiger partial charge is 0.497 e. The number of alkyl halides is 3. The number of rotatable bonds is 7. The van der Waals surface area contributed by atoms with E-state index in [-0.39, 0.29) is 11.7 Å². The monoisotopic (exact) mass is 436 g/mol. The van der Waals surface area contributed by atoms with E-state index >= 15 is 0 Å². The maximum atomic E-state index is 12.6. The zero-order valence-corrected chi connectivity index (χ0v) is 17.0. The molecule has 6 nitrogen and oxygen atoms in total. The number of hydrogen-bond acceptors (Lipinski definition) is 5. The molecule has 0 aliphatic rings. The SMILES string of the molecule is COc1ccc(Cc2nnc(SCC(=O)Nc3ccc(C(F)(F)F)cc3)n2C)cc1. The van der Waals surface area contributed by atoms with E-state index in [0.29, 0.717) is 17.3 Å². The number of halogens is 3. The van der Waals surface area contributed by atoms with E-state index in [4.69, 9.17) is 4.74 Å². The Labute approximate surface area is 175 Å². The van der Waals surface area contributed by atoms with Crippen molar-refractivity contribution in [2.75, 3.05) is 18.2 Å². The van der Waals surface area contributed by atoms with Gasteiger partial charge in [-0.15, -0.1) is 10.2 Å². The van der Waals surface area contributed by atoms with Crippen LogP contribution in [-0.4, -0.2) is 33.5 Å². The van der Waals surface area contributed by atoms with Crippen molar-refractivity contribution in [2.45, 2.75) is 17.8 Å². The van der Waals surface area contributed by atoms with Gasteiger partial charge in [0.25, 0.3) is 0 Å². The first-order valence-electron chi connectivity index (χ1n) is 8.87. The van der Waals surface area contributed by atoms with Gasteiger partial charge in [0.05, 0.1) is 18.4 Å². The predicted molar refractivity (Wildman–Crippen MR) is 108 cm³/mol. The molecule has 0 bridgehead atoms. The molecular formula is C20H19F3N4O2S. The molecule has 30 heavy (non-hydrogen) atoms. The summed E-state index contributed by atoms with van der Waals surface area (Å²) < 4.78 is 44.7. The molecule has 0 saturated heterocycles. The molecule has 1 heterocycles. The highest BCUT2D eigenvalue weighted by atomic mass is 32.2. The molecule has 0 atom stereocenters. The summed E-state index contributed by atoms with van der Waals surface area (Å²) in [5, 5.41) is 11.4. The van der Waals surface area contributed by atoms with Crippen molar-refractivity contribution in [1.82, 2.24) is 14.8 Å². The summed E-state index contributed by atoms with van der Waals surface area (Å²) in [5.74, 6) is 1.22. The van der Waals surface area contributed by atoms with E-state index in [2.05, 4.69) is 15.5 Å². The van der Waals surface area contributed by atoms with Crippen molar-refractivity contribution >= 4 is 23.4 Å². The van der Waals surface area contributed by atoms with Crippen molar-refractivity contribution in [3.63, 3.8) is 0 Å². The summed E-state index contributed by atoms with van der Waals surface area (Å²) in [5.41, 5.74) is 0.577. The lowest BCUT2D eigenvalue weighted by atomic mass is 10.1. The summed E-state index contributed by atoms with van der Waals surface area (Å²) in [4.78, 5) is 12.1. The number of methoxy groups -OCH3 is 1. The average Bonchev–Trinajstić information content (AvgIpc) is 3.06. The Morgan fingerprint density at radius 2 is 1.77 bits per heavy atom. The highest BCUT2D eigenvalue weighted by molar-refractivity contribution is 7.99. The summed E-state index contributed by atoms with van der Waals surface area (Å²) >= 11 is 1.20. The second-order valence-electron chi connectivity index (χ2n) is 6.39. The minimum Gasteiger partial charge on any atom is -0.497 e. The first-order valence-corrected chi connectivity index (χ1v) is 9.86. The van der Waals surface area contributed by atoms with Crippen molar-refractivity contribution in [3.8, 4) is 5.75 Å². The van der Waals surface area contributed by atoms with Gasteiger partial charge in [0.15, 0.2) is 5.16 Å². The quantitative estimate of drug-likeness (QED) is 0.563. The third-order valence-corrected chi connectivity index (χ3v) is 5.29. The van der Waals surface area contributed by atoms with Crippen molar-refractivity contribution in [1.29, 1.82) is 0 Å². The third kappa shape index (κ3) is 5.53. The van der Waals surface area contributed by atoms with Gasteiger partial charge in [0.2, 0.25) is 5.91 Å². The lowest BCUT2D eigenvalue weighted by Crippen LogP contribution is -2.15. The Bertz CT molecular complexity index is 1000. The molecule has 10 heteroatoms. The van der Waals surface area contributed by atoms with Crippen LogP contribution in [0.15, 0.2) is 53.7 Å². The van der Waals surface area contributed by atoms with Crippen LogP contribution in [0.4, 0.5) is 18.9 Å². The normalized spacial score (nSPS) is 11.4. The van der Waals surface area contributed by atoms with Crippen LogP contribution >= 0.6 is 11.8 Å². The summed E-state index contributed by atoms with van der Waals surface area (Å²) in [6.07, 6.45) is -3.83. The van der Waals surface area contributed by atoms with Crippen molar-refractivity contribution < 1.29 is 22.7 Å². The second-order valence-corrected chi connectivity index (χ2v) is 7.34. The van der Waals surface area contributed by atoms with E-state index in [9.17, 15) is 18.0 Å². The molecule has 3 aromatic rings. The van der Waals surface area contributed by atoms with Gasteiger partial charge in [-0.2, -0.15) is 13.2 Å². The number of carbonyl (C=O) groups excluding carboxylic acids is 1. The molecule has 0 radical (unpaired) electrons. The molecule has 0 aliphatic heterocycles. The number of hydrogen-bond donors (Lipinski definition) is 1. The van der Waals surface area contributed by atoms with Crippen LogP contribution in [0.1, 0.15) is 17.0 Å². The van der Waals surface area contributed by atoms with Gasteiger partial charge >= 0.3 is 6.18 Å². The molecule has 1 aromatic heterocycles. The van der Waals surface area contributed by atoms with Gasteiger partial charge in [-0.1, -0.05) is 23.9 Å². The number of thioether (sulfide) groups is 1. The highest BCUT2D eigenvalue weighted by Gasteiger charge is 2.30. The van der Waals surface area contributed by atoms with Crippen LogP contribution in [0.5, 0.6) is 5.75 Å². The van der Waals surface area contributed by atoms with Crippen LogP contribution in [0, 0.1) is 0 Å². The van der Waals surface area contributed by atoms with E-state index in [0.717, 1.165) is 29.3 Å². The zero-order valence-electron chi connectivity index (χ0n) is 16.2. The molecule has 0 saturated carbocycles. The van der Waals surface area contributed by atoms with Crippen molar-refractivity contribution in [3.05, 3.63) is 65.5 Å². The topological polar surface area (TPSA) is 69.0 Å². The molecule has 3 rings (SSSR count). The number of benzene rings is 2. The first-order chi connectivity index (χ1) is 14.3. The summed E-state index contributed by atoms with van der Waals surface area (Å²) in [7, 11) is 3.42. The number of carbonyl (C=O) groups is 1. The predicted octanol–water partition coefficient (Wildman–Crippen LogP) is 4.16. The smallest absolute Gasteiger partial charge is 0.416 e. The standard InChI is InChI=1S/C20H19F3N4O2S/c1-27-17(11-13-3-9-16(29-2)10-4-13)25-26-19(27)30-12-18(28)24-15-7-5-14(6-8-15)20(21,22)23/h3-10H,11-12H2,1-2H3,(H,24,28). The molecule has 1 amide bonds. The fourth-order valence-electron chi connectivity index (χ4n) is 2.62. The van der Waals surface area contributed by atoms with Gasteiger partial charge in [0.1, 0.15) is 11.6 Å². The van der Waals surface area contributed by atoms with E-state index in [1.54, 1.807) is 11.7 Å². The molecule has 0 unspecified atom stereocenters. The molecule has 0 spiro atoms. The van der Waals surface area contributed by atoms with Crippen LogP contribution < -0.4 is 10.1 Å². The fourth-order valence-corrected chi connectivity index (χ4v) is 3.35. The maximum Gasteiger partial charge on any atom is 0.416 e. The van der Waals surface area contributed by atoms with Gasteiger partial charge in [-0.05, 0) is 42.0 Å². The number of ether oxygens (including phenoxy) is 1. The minimum absolute atomic E-state index is 0.0511. The lowest BCUT2D eigenvalue weighted by molar-refractivity contribution is -0.137. The second kappa shape index (κ2) is 9.21. The summed E-state index contributed by atoms with van der Waals surface area (Å²) in [6.45, 7) is 0. The van der Waals surface area contributed by atoms with Crippen molar-refractivity contribution in [2.24, 2.45) is 7.05 Å². The minimum atomic E-state index is -4.41. The van der Waals surface area contributed by atoms with Gasteiger partial charge in [-0.25, -0.2) is 0 Å². The molecule has 0 aliphatic carbocycles. The number of amides is 1. The van der Waals surface area contributed by atoms with Gasteiger partial charge in [-0.3, -0.25) is 4.79 Å². The lowest BCUT2D eigenvalue weighted by Gasteiger charge is -2.09. The number of anilines is 1. The Balaban J connectivity index is 1.54. The third-order valence-electron chi connectivity index (χ3n) is 4.27. The number of nitrogens with zero attached hydrogens (tertiary/aromatic N) is 3. The van der Waals surface area contributed by atoms with Crippen LogP contribution in [0.25, 0.3) is 0 Å². The summed E-state index contributed by atoms with van der Waals surface area (Å²) in [6, 6.07) is 11.9. The van der Waals surface area contributed by atoms with Gasteiger partial charge < -0.3 is 14.6 Å². The molecule has 1 N–H and O–H groups in total. The fraction of sp³-hybridized carbons (Fsp3) is 0.250. The Hall–Kier alpha value is -3.01. The molecule has 0 fully saturated rings. The average molecular weight is 436 g/mol. The molecular weight excluding hydrogens is 417 g/mol. The van der Waals surface area contributed by atoms with Crippen LogP contribution in [0.2, 0.25) is 0 Å². The van der Waals surface area contributed by atoms with E-state index in [1.807, 2.05) is 31.3 Å². The van der Waals surface area contributed by atoms with E-state index < -0.39 is 11.7 Å². The zero-order chi connectivity index (χ0) is 21.7. The molecule has 158 valence electrons.